The molecule has 0 aromatic heterocycles. The number of rotatable bonds is 5. The number of sulfone groups is 1. The summed E-state index contributed by atoms with van der Waals surface area (Å²) in [6.07, 6.45) is -0.333. The molecule has 1 rings (SSSR count). The molecular weight excluding hydrogens is 278 g/mol. The lowest BCUT2D eigenvalue weighted by Crippen LogP contribution is -2.45. The summed E-state index contributed by atoms with van der Waals surface area (Å²) >= 11 is 0. The zero-order valence-electron chi connectivity index (χ0n) is 10.5. The van der Waals surface area contributed by atoms with Crippen molar-refractivity contribution in [1.29, 1.82) is 0 Å². The molecule has 1 aromatic rings. The fraction of sp³-hybridized carbons (Fsp3) is 0.417. The van der Waals surface area contributed by atoms with E-state index < -0.39 is 37.1 Å². The maximum atomic E-state index is 13.1. The van der Waals surface area contributed by atoms with Gasteiger partial charge in [0.25, 0.3) is 0 Å². The number of carbonyl (C=O) groups is 1. The van der Waals surface area contributed by atoms with E-state index in [0.29, 0.717) is 12.1 Å². The molecule has 0 aliphatic carbocycles. The highest BCUT2D eigenvalue weighted by Gasteiger charge is 2.49. The van der Waals surface area contributed by atoms with Crippen LogP contribution in [-0.4, -0.2) is 24.2 Å². The molecule has 106 valence electrons. The van der Waals surface area contributed by atoms with Gasteiger partial charge in [-0.1, -0.05) is 13.8 Å². The SMILES string of the molecule is CCC(CC)(C(=O)O)S(=O)(=O)c1ccc(F)c(F)c1. The highest BCUT2D eigenvalue weighted by Crippen LogP contribution is 2.33. The van der Waals surface area contributed by atoms with Crippen LogP contribution >= 0.6 is 0 Å². The average Bonchev–Trinajstić information content (AvgIpc) is 2.34. The third kappa shape index (κ3) is 2.34. The summed E-state index contributed by atoms with van der Waals surface area (Å²) in [5, 5.41) is 9.20. The van der Waals surface area contributed by atoms with Crippen LogP contribution in [0.4, 0.5) is 8.78 Å². The molecule has 0 atom stereocenters. The van der Waals surface area contributed by atoms with E-state index in [4.69, 9.17) is 0 Å². The normalized spacial score (nSPS) is 12.4. The molecule has 0 bridgehead atoms. The Morgan fingerprint density at radius 1 is 1.21 bits per heavy atom. The molecule has 0 aliphatic rings. The first kappa shape index (κ1) is 15.6. The number of benzene rings is 1. The van der Waals surface area contributed by atoms with Gasteiger partial charge in [0, 0.05) is 0 Å². The Bertz CT molecular complexity index is 592. The molecule has 0 radical (unpaired) electrons. The van der Waals surface area contributed by atoms with E-state index in [1.807, 2.05) is 0 Å². The predicted molar refractivity (Wildman–Crippen MR) is 64.5 cm³/mol. The first-order chi connectivity index (χ1) is 8.72. The second-order valence-corrected chi connectivity index (χ2v) is 6.35. The third-order valence-electron chi connectivity index (χ3n) is 3.25. The minimum absolute atomic E-state index is 0.167. The molecule has 0 heterocycles. The van der Waals surface area contributed by atoms with E-state index >= 15 is 0 Å². The number of hydrogen-bond donors (Lipinski definition) is 1. The van der Waals surface area contributed by atoms with Crippen LogP contribution in [0.2, 0.25) is 0 Å². The highest BCUT2D eigenvalue weighted by atomic mass is 32.2. The molecule has 0 unspecified atom stereocenters. The molecule has 4 nitrogen and oxygen atoms in total. The second-order valence-electron chi connectivity index (χ2n) is 4.09. The molecule has 19 heavy (non-hydrogen) atoms. The smallest absolute Gasteiger partial charge is 0.325 e. The van der Waals surface area contributed by atoms with Gasteiger partial charge in [-0.25, -0.2) is 17.2 Å². The van der Waals surface area contributed by atoms with Crippen molar-refractivity contribution >= 4 is 15.8 Å². The van der Waals surface area contributed by atoms with Crippen LogP contribution in [0, 0.1) is 11.6 Å². The zero-order chi connectivity index (χ0) is 14.8. The molecule has 7 heteroatoms. The number of aliphatic carboxylic acids is 1. The predicted octanol–water partition coefficient (Wildman–Crippen LogP) is 2.38. The molecule has 1 N–H and O–H groups in total. The van der Waals surface area contributed by atoms with Crippen LogP contribution in [0.15, 0.2) is 23.1 Å². The standard InChI is InChI=1S/C12H14F2O4S/c1-3-12(4-2,11(15)16)19(17,18)8-5-6-9(13)10(14)7-8/h5-7H,3-4H2,1-2H3,(H,15,16). The van der Waals surface area contributed by atoms with Crippen molar-refractivity contribution < 1.29 is 27.1 Å². The van der Waals surface area contributed by atoms with E-state index in [0.717, 1.165) is 6.07 Å². The fourth-order valence-electron chi connectivity index (χ4n) is 1.92. The minimum Gasteiger partial charge on any atom is -0.480 e. The largest absolute Gasteiger partial charge is 0.480 e. The van der Waals surface area contributed by atoms with Crippen molar-refractivity contribution in [2.24, 2.45) is 0 Å². The minimum atomic E-state index is -4.31. The van der Waals surface area contributed by atoms with E-state index in [9.17, 15) is 27.1 Å². The summed E-state index contributed by atoms with van der Waals surface area (Å²) in [7, 11) is -4.31. The zero-order valence-corrected chi connectivity index (χ0v) is 11.3. The van der Waals surface area contributed by atoms with Crippen molar-refractivity contribution in [2.45, 2.75) is 36.3 Å². The van der Waals surface area contributed by atoms with Crippen LogP contribution in [0.5, 0.6) is 0 Å². The third-order valence-corrected chi connectivity index (χ3v) is 5.90. The molecule has 0 amide bonds. The van der Waals surface area contributed by atoms with E-state index in [-0.39, 0.29) is 12.8 Å². The molecular formula is C12H14F2O4S. The Hall–Kier alpha value is -1.50. The van der Waals surface area contributed by atoms with E-state index in [1.54, 1.807) is 0 Å². The van der Waals surface area contributed by atoms with Gasteiger partial charge in [-0.2, -0.15) is 0 Å². The summed E-state index contributed by atoms with van der Waals surface area (Å²) in [5.74, 6) is -4.01. The summed E-state index contributed by atoms with van der Waals surface area (Å²) in [4.78, 5) is 10.8. The molecule has 1 aromatic carbocycles. The summed E-state index contributed by atoms with van der Waals surface area (Å²) in [6.45, 7) is 2.85. The summed E-state index contributed by atoms with van der Waals surface area (Å²) < 4.78 is 48.6. The van der Waals surface area contributed by atoms with Crippen LogP contribution in [0.3, 0.4) is 0 Å². The van der Waals surface area contributed by atoms with Gasteiger partial charge in [0.15, 0.2) is 26.2 Å². The maximum absolute atomic E-state index is 13.1. The Morgan fingerprint density at radius 2 is 1.74 bits per heavy atom. The van der Waals surface area contributed by atoms with Crippen LogP contribution in [-0.2, 0) is 14.6 Å². The van der Waals surface area contributed by atoms with Crippen molar-refractivity contribution in [3.05, 3.63) is 29.8 Å². The van der Waals surface area contributed by atoms with Crippen LogP contribution in [0.1, 0.15) is 26.7 Å². The van der Waals surface area contributed by atoms with Crippen LogP contribution in [0.25, 0.3) is 0 Å². The topological polar surface area (TPSA) is 71.4 Å². The summed E-state index contributed by atoms with van der Waals surface area (Å²) in [6, 6.07) is 2.05. The Labute approximate surface area is 110 Å². The Balaban J connectivity index is 3.52. The average molecular weight is 292 g/mol. The highest BCUT2D eigenvalue weighted by molar-refractivity contribution is 7.93. The lowest BCUT2D eigenvalue weighted by atomic mass is 10.0. The van der Waals surface area contributed by atoms with Crippen molar-refractivity contribution in [3.8, 4) is 0 Å². The number of halogens is 2. The lowest BCUT2D eigenvalue weighted by molar-refractivity contribution is -0.140. The fourth-order valence-corrected chi connectivity index (χ4v) is 3.86. The van der Waals surface area contributed by atoms with E-state index in [1.165, 1.54) is 13.8 Å². The first-order valence-electron chi connectivity index (χ1n) is 5.66. The molecule has 0 saturated heterocycles. The maximum Gasteiger partial charge on any atom is 0.325 e. The second kappa shape index (κ2) is 5.24. The Morgan fingerprint density at radius 3 is 2.11 bits per heavy atom. The summed E-state index contributed by atoms with van der Waals surface area (Å²) in [5.41, 5.74) is 0. The van der Waals surface area contributed by atoms with Crippen molar-refractivity contribution in [3.63, 3.8) is 0 Å². The monoisotopic (exact) mass is 292 g/mol. The van der Waals surface area contributed by atoms with Crippen molar-refractivity contribution in [1.82, 2.24) is 0 Å². The quantitative estimate of drug-likeness (QED) is 0.846. The van der Waals surface area contributed by atoms with Crippen LogP contribution < -0.4 is 0 Å². The molecule has 0 spiro atoms. The van der Waals surface area contributed by atoms with Gasteiger partial charge in [0.1, 0.15) is 0 Å². The van der Waals surface area contributed by atoms with Gasteiger partial charge in [0.2, 0.25) is 0 Å². The van der Waals surface area contributed by atoms with Gasteiger partial charge < -0.3 is 5.11 Å². The molecule has 0 saturated carbocycles. The Kier molecular flexibility index (Phi) is 4.29. The number of carboxylic acid groups (broad SMARTS) is 1. The molecule has 0 fully saturated rings. The van der Waals surface area contributed by atoms with Gasteiger partial charge in [0.05, 0.1) is 4.90 Å². The lowest BCUT2D eigenvalue weighted by Gasteiger charge is -2.26. The van der Waals surface area contributed by atoms with Gasteiger partial charge in [-0.05, 0) is 31.0 Å². The van der Waals surface area contributed by atoms with Gasteiger partial charge in [-0.15, -0.1) is 0 Å². The number of carboxylic acids is 1. The number of hydrogen-bond acceptors (Lipinski definition) is 3. The van der Waals surface area contributed by atoms with Crippen molar-refractivity contribution in [2.75, 3.05) is 0 Å². The molecule has 0 aliphatic heterocycles. The first-order valence-corrected chi connectivity index (χ1v) is 7.14. The van der Waals surface area contributed by atoms with Gasteiger partial charge >= 0.3 is 5.97 Å². The van der Waals surface area contributed by atoms with Gasteiger partial charge in [-0.3, -0.25) is 4.79 Å². The van der Waals surface area contributed by atoms with E-state index in [2.05, 4.69) is 0 Å².